The Bertz CT molecular complexity index is 1470. The molecule has 0 unspecified atom stereocenters. The zero-order valence-corrected chi connectivity index (χ0v) is 26.6. The monoisotopic (exact) mass is 637 g/mol. The number of amides is 1. The van der Waals surface area contributed by atoms with Gasteiger partial charge < -0.3 is 25.0 Å². The van der Waals surface area contributed by atoms with Gasteiger partial charge in [-0.15, -0.1) is 0 Å². The smallest absolute Gasteiger partial charge is 0.328 e. The third-order valence-corrected chi connectivity index (χ3v) is 11.4. The molecule has 0 spiro atoms. The van der Waals surface area contributed by atoms with Gasteiger partial charge in [0.2, 0.25) is 11.7 Å². The topological polar surface area (TPSA) is 173 Å². The highest BCUT2D eigenvalue weighted by molar-refractivity contribution is 5.95. The summed E-state index contributed by atoms with van der Waals surface area (Å²) in [6.45, 7) is 3.21. The minimum Gasteiger partial charge on any atom is -0.508 e. The molecule has 0 saturated heterocycles. The SMILES string of the molecule is COC(=O)[C@H](Cc1ccc(O)cc1)NC(=O)CCC(=O)OCC(=O)[C@@]1(O)CC[C@@H]2[C@@H]3CCC4=CC(=O)CC[C@]4(C)[C@@H]3C(=O)C[C@@]21C. The van der Waals surface area contributed by atoms with Crippen LogP contribution in [-0.4, -0.2) is 70.8 Å². The van der Waals surface area contributed by atoms with Gasteiger partial charge in [0.05, 0.1) is 13.5 Å². The van der Waals surface area contributed by atoms with E-state index in [-0.39, 0.29) is 72.6 Å². The van der Waals surface area contributed by atoms with Crippen molar-refractivity contribution in [2.75, 3.05) is 13.7 Å². The maximum Gasteiger partial charge on any atom is 0.328 e. The van der Waals surface area contributed by atoms with Crippen molar-refractivity contribution >= 4 is 35.2 Å². The van der Waals surface area contributed by atoms with Crippen LogP contribution in [0, 0.1) is 28.6 Å². The first-order valence-electron chi connectivity index (χ1n) is 16.0. The number of fused-ring (bicyclic) bond motifs is 5. The lowest BCUT2D eigenvalue weighted by Gasteiger charge is -2.57. The highest BCUT2D eigenvalue weighted by atomic mass is 16.5. The molecule has 0 radical (unpaired) electrons. The number of carbonyl (C=O) groups excluding carboxylic acids is 6. The van der Waals surface area contributed by atoms with Gasteiger partial charge in [0.25, 0.3) is 0 Å². The molecular weight excluding hydrogens is 594 g/mol. The van der Waals surface area contributed by atoms with E-state index < -0.39 is 47.3 Å². The number of carbonyl (C=O) groups is 6. The predicted octanol–water partition coefficient (Wildman–Crippen LogP) is 2.93. The first-order chi connectivity index (χ1) is 21.7. The van der Waals surface area contributed by atoms with Crippen LogP contribution in [0.15, 0.2) is 35.9 Å². The maximum absolute atomic E-state index is 13.8. The number of ketones is 3. The van der Waals surface area contributed by atoms with E-state index in [4.69, 9.17) is 9.47 Å². The van der Waals surface area contributed by atoms with Crippen LogP contribution in [0.3, 0.4) is 0 Å². The number of ether oxygens (including phenoxy) is 2. The van der Waals surface area contributed by atoms with Gasteiger partial charge in [-0.25, -0.2) is 4.79 Å². The molecule has 11 nitrogen and oxygen atoms in total. The van der Waals surface area contributed by atoms with E-state index in [1.807, 2.05) is 0 Å². The molecule has 1 aromatic carbocycles. The van der Waals surface area contributed by atoms with Gasteiger partial charge in [0.15, 0.2) is 12.4 Å². The molecule has 1 aromatic rings. The van der Waals surface area contributed by atoms with Crippen LogP contribution < -0.4 is 5.32 Å². The fraction of sp³-hybridized carbons (Fsp3) is 0.600. The third kappa shape index (κ3) is 6.01. The van der Waals surface area contributed by atoms with Gasteiger partial charge in [0.1, 0.15) is 23.2 Å². The van der Waals surface area contributed by atoms with Crippen molar-refractivity contribution in [1.29, 1.82) is 0 Å². The predicted molar refractivity (Wildman–Crippen MR) is 163 cm³/mol. The van der Waals surface area contributed by atoms with Gasteiger partial charge in [-0.05, 0) is 73.1 Å². The first-order valence-corrected chi connectivity index (χ1v) is 16.0. The molecule has 0 bridgehead atoms. The Kier molecular flexibility index (Phi) is 9.28. The van der Waals surface area contributed by atoms with Crippen molar-refractivity contribution in [1.82, 2.24) is 5.32 Å². The van der Waals surface area contributed by atoms with Gasteiger partial charge >= 0.3 is 11.9 Å². The van der Waals surface area contributed by atoms with Crippen LogP contribution in [0.2, 0.25) is 0 Å². The summed E-state index contributed by atoms with van der Waals surface area (Å²) in [7, 11) is 1.19. The maximum atomic E-state index is 13.8. The van der Waals surface area contributed by atoms with Crippen molar-refractivity contribution in [2.24, 2.45) is 28.6 Å². The number of benzene rings is 1. The average Bonchev–Trinajstić information content (AvgIpc) is 3.29. The number of allylic oxidation sites excluding steroid dienone is 1. The van der Waals surface area contributed by atoms with E-state index in [9.17, 15) is 39.0 Å². The second-order valence-electron chi connectivity index (χ2n) is 13.9. The van der Waals surface area contributed by atoms with Crippen molar-refractivity contribution in [3.63, 3.8) is 0 Å². The molecule has 248 valence electrons. The van der Waals surface area contributed by atoms with E-state index in [0.717, 1.165) is 18.4 Å². The number of rotatable bonds is 10. The molecule has 3 N–H and O–H groups in total. The molecule has 11 heteroatoms. The number of hydrogen-bond acceptors (Lipinski definition) is 10. The number of phenolic OH excluding ortho intramolecular Hbond substituents is 1. The van der Waals surface area contributed by atoms with Crippen LogP contribution >= 0.6 is 0 Å². The van der Waals surface area contributed by atoms with E-state index >= 15 is 0 Å². The molecule has 3 fully saturated rings. The van der Waals surface area contributed by atoms with Crippen molar-refractivity contribution in [2.45, 2.75) is 89.7 Å². The third-order valence-electron chi connectivity index (χ3n) is 11.4. The highest BCUT2D eigenvalue weighted by Gasteiger charge is 2.68. The largest absolute Gasteiger partial charge is 0.508 e. The summed E-state index contributed by atoms with van der Waals surface area (Å²) < 4.78 is 9.98. The molecule has 5 rings (SSSR count). The summed E-state index contributed by atoms with van der Waals surface area (Å²) in [5.41, 5.74) is -1.50. The van der Waals surface area contributed by atoms with Crippen molar-refractivity contribution in [3.05, 3.63) is 41.5 Å². The molecule has 1 amide bonds. The molecule has 7 atom stereocenters. The number of nitrogens with one attached hydrogen (secondary N) is 1. The number of methoxy groups -OCH3 is 1. The Morgan fingerprint density at radius 1 is 1.02 bits per heavy atom. The summed E-state index contributed by atoms with van der Waals surface area (Å²) in [5.74, 6) is -2.90. The quantitative estimate of drug-likeness (QED) is 0.324. The standard InChI is InChI=1S/C35H43NO10/c1-33-14-12-23(38)17-21(33)6-9-24-25-13-15-35(44,34(25,2)18-27(39)31(24)33)28(40)19-46-30(42)11-10-29(41)36-26(32(43)45-3)16-20-4-7-22(37)8-5-20/h4-5,7-8,17,24-26,31,37,44H,6,9-16,18-19H2,1-3H3,(H,36,41)/t24-,25+,26-,31-,33-,34-,35-/m0/s1. The Hall–Kier alpha value is -3.86. The first kappa shape index (κ1) is 33.5. The summed E-state index contributed by atoms with van der Waals surface area (Å²) in [6.07, 6.45) is 4.43. The van der Waals surface area contributed by atoms with E-state index in [1.165, 1.54) is 19.2 Å². The highest BCUT2D eigenvalue weighted by Crippen LogP contribution is 2.66. The number of Topliss-reactive ketones (excluding diaryl/α,β-unsaturated/α-hetero) is 2. The summed E-state index contributed by atoms with van der Waals surface area (Å²) in [5, 5.41) is 23.8. The fourth-order valence-electron chi connectivity index (χ4n) is 8.87. The number of esters is 2. The van der Waals surface area contributed by atoms with Crippen molar-refractivity contribution < 1.29 is 48.5 Å². The minimum absolute atomic E-state index is 0.00709. The second kappa shape index (κ2) is 12.7. The van der Waals surface area contributed by atoms with Crippen molar-refractivity contribution in [3.8, 4) is 5.75 Å². The zero-order chi connectivity index (χ0) is 33.4. The summed E-state index contributed by atoms with van der Waals surface area (Å²) in [4.78, 5) is 76.7. The summed E-state index contributed by atoms with van der Waals surface area (Å²) in [6, 6.07) is 5.11. The lowest BCUT2D eigenvalue weighted by Crippen LogP contribution is -2.61. The number of aromatic hydroxyl groups is 1. The second-order valence-corrected chi connectivity index (χ2v) is 13.9. The molecular formula is C35H43NO10. The average molecular weight is 638 g/mol. The van der Waals surface area contributed by atoms with E-state index in [1.54, 1.807) is 25.1 Å². The molecule has 0 heterocycles. The van der Waals surface area contributed by atoms with Crippen LogP contribution in [0.4, 0.5) is 0 Å². The molecule has 4 aliphatic carbocycles. The minimum atomic E-state index is -1.84. The van der Waals surface area contributed by atoms with E-state index in [2.05, 4.69) is 12.2 Å². The summed E-state index contributed by atoms with van der Waals surface area (Å²) >= 11 is 0. The fourth-order valence-corrected chi connectivity index (χ4v) is 8.87. The number of aliphatic hydroxyl groups is 1. The number of hydrogen-bond donors (Lipinski definition) is 3. The van der Waals surface area contributed by atoms with Crippen LogP contribution in [-0.2, 0) is 44.7 Å². The number of phenols is 1. The van der Waals surface area contributed by atoms with Crippen LogP contribution in [0.25, 0.3) is 0 Å². The van der Waals surface area contributed by atoms with Crippen LogP contribution in [0.1, 0.15) is 77.2 Å². The normalized spacial score (nSPS) is 32.3. The molecule has 0 aliphatic heterocycles. The Balaban J connectivity index is 1.16. The molecule has 0 aromatic heterocycles. The van der Waals surface area contributed by atoms with E-state index in [0.29, 0.717) is 24.8 Å². The molecule has 46 heavy (non-hydrogen) atoms. The lowest BCUT2D eigenvalue weighted by atomic mass is 9.46. The molecule has 4 aliphatic rings. The van der Waals surface area contributed by atoms with Crippen LogP contribution in [0.5, 0.6) is 5.75 Å². The molecule has 3 saturated carbocycles. The van der Waals surface area contributed by atoms with Gasteiger partial charge in [0, 0.05) is 37.0 Å². The Morgan fingerprint density at radius 3 is 2.43 bits per heavy atom. The Morgan fingerprint density at radius 2 is 1.74 bits per heavy atom. The lowest BCUT2D eigenvalue weighted by molar-refractivity contribution is -0.173. The van der Waals surface area contributed by atoms with Gasteiger partial charge in [-0.1, -0.05) is 31.6 Å². The van der Waals surface area contributed by atoms with Gasteiger partial charge in [-0.2, -0.15) is 0 Å². The van der Waals surface area contributed by atoms with Gasteiger partial charge in [-0.3, -0.25) is 24.0 Å². The Labute approximate surface area is 268 Å². The zero-order valence-electron chi connectivity index (χ0n) is 26.6.